The van der Waals surface area contributed by atoms with Gasteiger partial charge in [-0.25, -0.2) is 9.78 Å². The lowest BCUT2D eigenvalue weighted by Crippen LogP contribution is -2.42. The standard InChI is InChI=1S/C31H58N4O4Si3/c1-24(20-37-40(11,12)29(2,3)4)18-17-19-25-26-27(34(21-32-26)22-38-41(13,14)30(5,6)7)33-28(36)35(25)23-39-42(15,16)31(8,9)10/h17-19,21H,20,22-23H2,1-16H3/b19-17+,24-18+. The molecule has 0 aliphatic rings. The monoisotopic (exact) mass is 634 g/mol. The van der Waals surface area contributed by atoms with Crippen molar-refractivity contribution in [2.24, 2.45) is 0 Å². The van der Waals surface area contributed by atoms with Crippen molar-refractivity contribution in [2.45, 2.75) is 137 Å². The zero-order valence-corrected chi connectivity index (χ0v) is 32.4. The fourth-order valence-corrected chi connectivity index (χ4v) is 6.00. The average molecular weight is 635 g/mol. The predicted molar refractivity (Wildman–Crippen MR) is 184 cm³/mol. The Labute approximate surface area is 258 Å². The lowest BCUT2D eigenvalue weighted by molar-refractivity contribution is 0.206. The quantitative estimate of drug-likeness (QED) is 0.182. The maximum Gasteiger partial charge on any atom is 0.352 e. The first-order chi connectivity index (χ1) is 18.8. The zero-order chi connectivity index (χ0) is 32.5. The Balaban J connectivity index is 2.51. The van der Waals surface area contributed by atoms with E-state index in [-0.39, 0.29) is 27.5 Å². The van der Waals surface area contributed by atoms with Crippen molar-refractivity contribution in [3.05, 3.63) is 40.2 Å². The number of imidazole rings is 1. The molecule has 2 aromatic heterocycles. The fraction of sp³-hybridized carbons (Fsp3) is 0.710. The van der Waals surface area contributed by atoms with E-state index < -0.39 is 25.0 Å². The first-order valence-corrected chi connectivity index (χ1v) is 23.7. The molecule has 0 atom stereocenters. The van der Waals surface area contributed by atoms with Crippen LogP contribution in [0.3, 0.4) is 0 Å². The Hall–Kier alpha value is -1.64. The predicted octanol–water partition coefficient (Wildman–Crippen LogP) is 8.53. The van der Waals surface area contributed by atoms with Crippen LogP contribution in [0.2, 0.25) is 54.4 Å². The molecule has 0 amide bonds. The van der Waals surface area contributed by atoms with E-state index in [4.69, 9.17) is 18.3 Å². The van der Waals surface area contributed by atoms with Crippen LogP contribution in [0.15, 0.2) is 28.8 Å². The molecule has 0 spiro atoms. The molecule has 0 bridgehead atoms. The van der Waals surface area contributed by atoms with Crippen molar-refractivity contribution in [1.29, 1.82) is 0 Å². The van der Waals surface area contributed by atoms with Crippen molar-refractivity contribution < 1.29 is 13.3 Å². The molecule has 2 rings (SSSR count). The molecule has 8 nitrogen and oxygen atoms in total. The molecule has 0 radical (unpaired) electrons. The minimum atomic E-state index is -2.12. The first-order valence-electron chi connectivity index (χ1n) is 15.0. The summed E-state index contributed by atoms with van der Waals surface area (Å²) >= 11 is 0. The third-order valence-electron chi connectivity index (χ3n) is 9.61. The molecule has 0 aliphatic heterocycles. The van der Waals surface area contributed by atoms with Gasteiger partial charge < -0.3 is 13.3 Å². The van der Waals surface area contributed by atoms with Gasteiger partial charge in [-0.05, 0) is 73.0 Å². The van der Waals surface area contributed by atoms with E-state index in [1.807, 2.05) is 22.8 Å². The third-order valence-corrected chi connectivity index (χ3v) is 23.0. The van der Waals surface area contributed by atoms with Gasteiger partial charge in [-0.1, -0.05) is 74.5 Å². The van der Waals surface area contributed by atoms with E-state index in [0.717, 1.165) is 5.57 Å². The summed E-state index contributed by atoms with van der Waals surface area (Å²) in [5.41, 5.74) is 2.58. The number of rotatable bonds is 11. The molecule has 11 heteroatoms. The molecule has 0 saturated heterocycles. The lowest BCUT2D eigenvalue weighted by atomic mass is 10.2. The van der Waals surface area contributed by atoms with Crippen molar-refractivity contribution >= 4 is 42.2 Å². The van der Waals surface area contributed by atoms with E-state index in [2.05, 4.69) is 114 Å². The summed E-state index contributed by atoms with van der Waals surface area (Å²) < 4.78 is 22.7. The van der Waals surface area contributed by atoms with Crippen molar-refractivity contribution in [3.63, 3.8) is 0 Å². The number of nitrogens with zero attached hydrogens (tertiary/aromatic N) is 4. The third kappa shape index (κ3) is 8.72. The maximum atomic E-state index is 13.5. The maximum absolute atomic E-state index is 13.5. The van der Waals surface area contributed by atoms with Crippen LogP contribution in [0.4, 0.5) is 0 Å². The van der Waals surface area contributed by atoms with Crippen LogP contribution >= 0.6 is 0 Å². The molecular formula is C31H58N4O4Si3. The Morgan fingerprint density at radius 3 is 1.79 bits per heavy atom. The van der Waals surface area contributed by atoms with Gasteiger partial charge in [-0.2, -0.15) is 4.98 Å². The average Bonchev–Trinajstić information content (AvgIpc) is 3.21. The smallest absolute Gasteiger partial charge is 0.352 e. The molecule has 0 aromatic carbocycles. The number of hydrogen-bond donors (Lipinski definition) is 0. The van der Waals surface area contributed by atoms with Crippen LogP contribution in [0, 0.1) is 0 Å². The molecule has 238 valence electrons. The van der Waals surface area contributed by atoms with E-state index in [9.17, 15) is 4.79 Å². The van der Waals surface area contributed by atoms with Crippen molar-refractivity contribution in [3.8, 4) is 0 Å². The van der Waals surface area contributed by atoms with E-state index >= 15 is 0 Å². The molecule has 0 unspecified atom stereocenters. The molecule has 42 heavy (non-hydrogen) atoms. The second-order valence-corrected chi connectivity index (χ2v) is 30.5. The number of fused-ring (bicyclic) bond motifs is 1. The van der Waals surface area contributed by atoms with Gasteiger partial charge in [0.25, 0.3) is 0 Å². The number of allylic oxidation sites excluding steroid dienone is 2. The highest BCUT2D eigenvalue weighted by Crippen LogP contribution is 2.38. The summed E-state index contributed by atoms with van der Waals surface area (Å²) in [6.45, 7) is 36.3. The lowest BCUT2D eigenvalue weighted by Gasteiger charge is -2.36. The van der Waals surface area contributed by atoms with E-state index in [1.165, 1.54) is 0 Å². The minimum Gasteiger partial charge on any atom is -0.413 e. The Morgan fingerprint density at radius 1 is 0.810 bits per heavy atom. The summed E-state index contributed by atoms with van der Waals surface area (Å²) in [5.74, 6) is 0. The van der Waals surface area contributed by atoms with Gasteiger partial charge in [0.15, 0.2) is 30.6 Å². The van der Waals surface area contributed by atoms with E-state index in [0.29, 0.717) is 30.2 Å². The second-order valence-electron chi connectivity index (χ2n) is 16.1. The van der Waals surface area contributed by atoms with Crippen LogP contribution in [0.5, 0.6) is 0 Å². The van der Waals surface area contributed by atoms with Crippen LogP contribution < -0.4 is 5.69 Å². The molecule has 2 heterocycles. The highest BCUT2D eigenvalue weighted by atomic mass is 28.4. The largest absolute Gasteiger partial charge is 0.413 e. The molecule has 0 saturated carbocycles. The number of hydrogen-bond acceptors (Lipinski definition) is 6. The van der Waals surface area contributed by atoms with Crippen LogP contribution in [-0.2, 0) is 26.7 Å². The minimum absolute atomic E-state index is 0.0107. The summed E-state index contributed by atoms with van der Waals surface area (Å²) in [6.07, 6.45) is 7.66. The van der Waals surface area contributed by atoms with Gasteiger partial charge in [0.1, 0.15) is 19.0 Å². The van der Waals surface area contributed by atoms with Crippen molar-refractivity contribution in [1.82, 2.24) is 19.1 Å². The Morgan fingerprint density at radius 2 is 1.29 bits per heavy atom. The Kier molecular flexibility index (Phi) is 11.1. The van der Waals surface area contributed by atoms with Gasteiger partial charge in [0.05, 0.1) is 18.6 Å². The van der Waals surface area contributed by atoms with Gasteiger partial charge >= 0.3 is 5.69 Å². The SMILES string of the molecule is C/C(=C\C=C\c1c2ncn(CO[Si](C)(C)C(C)(C)C)c2nc(=O)n1CO[Si](C)(C)C(C)(C)C)CO[Si](C)(C)C(C)(C)C. The van der Waals surface area contributed by atoms with Gasteiger partial charge in [0, 0.05) is 0 Å². The normalized spacial score (nSPS) is 14.9. The van der Waals surface area contributed by atoms with Gasteiger partial charge in [-0.15, -0.1) is 0 Å². The van der Waals surface area contributed by atoms with Gasteiger partial charge in [0.2, 0.25) is 0 Å². The zero-order valence-electron chi connectivity index (χ0n) is 29.4. The highest BCUT2D eigenvalue weighted by molar-refractivity contribution is 6.74. The van der Waals surface area contributed by atoms with Crippen LogP contribution in [-0.4, -0.2) is 50.7 Å². The second kappa shape index (κ2) is 12.8. The fourth-order valence-electron chi connectivity index (χ4n) is 3.20. The van der Waals surface area contributed by atoms with Crippen LogP contribution in [0.25, 0.3) is 17.2 Å². The molecule has 0 fully saturated rings. The highest BCUT2D eigenvalue weighted by Gasteiger charge is 2.39. The van der Waals surface area contributed by atoms with Gasteiger partial charge in [-0.3, -0.25) is 9.13 Å². The molecule has 0 aliphatic carbocycles. The van der Waals surface area contributed by atoms with E-state index in [1.54, 1.807) is 10.9 Å². The first kappa shape index (κ1) is 36.6. The molecular weight excluding hydrogens is 577 g/mol. The van der Waals surface area contributed by atoms with Crippen LogP contribution in [0.1, 0.15) is 74.9 Å². The summed E-state index contributed by atoms with van der Waals surface area (Å²) in [7, 11) is -5.98. The summed E-state index contributed by atoms with van der Waals surface area (Å²) in [5, 5.41) is 0.229. The van der Waals surface area contributed by atoms with Crippen molar-refractivity contribution in [2.75, 3.05) is 6.61 Å². The molecule has 2 aromatic rings. The number of aromatic nitrogens is 4. The Bertz CT molecular complexity index is 1350. The summed E-state index contributed by atoms with van der Waals surface area (Å²) in [4.78, 5) is 22.7. The summed E-state index contributed by atoms with van der Waals surface area (Å²) in [6, 6.07) is 0. The molecule has 0 N–H and O–H groups in total. The topological polar surface area (TPSA) is 80.4 Å².